The van der Waals surface area contributed by atoms with Crippen LogP contribution < -0.4 is 26.2 Å². The summed E-state index contributed by atoms with van der Waals surface area (Å²) in [7, 11) is 0. The number of benzene rings is 13. The summed E-state index contributed by atoms with van der Waals surface area (Å²) in [6.45, 7) is 29.7. The Balaban J connectivity index is 1.08. The fourth-order valence-corrected chi connectivity index (χ4v) is 16.8. The number of para-hydroxylation sites is 2. The van der Waals surface area contributed by atoms with Gasteiger partial charge in [-0.2, -0.15) is 0 Å². The molecule has 0 N–H and O–H groups in total. The lowest BCUT2D eigenvalue weighted by Crippen LogP contribution is -2.61. The second-order valence-corrected chi connectivity index (χ2v) is 35.2. The largest absolute Gasteiger partial charge is 0.311 e. The Hall–Kier alpha value is -10.9. The molecule has 4 nitrogen and oxygen atoms in total. The normalized spacial score (nSPS) is 15.5. The van der Waals surface area contributed by atoms with Crippen LogP contribution in [0.3, 0.4) is 0 Å². The molecule has 0 bridgehead atoms. The topological polar surface area (TPSA) is 16.3 Å². The minimum atomic E-state index is -2.10. The summed E-state index contributed by atoms with van der Waals surface area (Å²) in [5.74, 6) is 0. The van der Waals surface area contributed by atoms with Crippen LogP contribution in [0.2, 0.25) is 0 Å². The average molecular weight is 1420 g/mol. The van der Waals surface area contributed by atoms with Gasteiger partial charge in [0.15, 0.2) is 0 Å². The molecule has 15 aromatic rings. The molecule has 0 saturated heterocycles. The van der Waals surface area contributed by atoms with Gasteiger partial charge in [0.05, 0.1) is 44.4 Å². The van der Waals surface area contributed by atoms with E-state index in [1.807, 2.05) is 120 Å². The maximum atomic E-state index is 10.9. The van der Waals surface area contributed by atoms with E-state index >= 15 is 0 Å². The zero-order valence-corrected chi connectivity index (χ0v) is 64.7. The Labute approximate surface area is 661 Å². The highest BCUT2D eigenvalue weighted by atomic mass is 15.2. The quantitative estimate of drug-likeness (QED) is 0.107. The number of hydrogen-bond donors (Lipinski definition) is 0. The molecule has 0 amide bonds. The first-order valence-corrected chi connectivity index (χ1v) is 38.0. The summed E-state index contributed by atoms with van der Waals surface area (Å²) in [5, 5.41) is 1.37. The first kappa shape index (κ1) is 55.5. The molecule has 0 aliphatic carbocycles. The van der Waals surface area contributed by atoms with Crippen molar-refractivity contribution in [3.8, 4) is 55.9 Å². The van der Waals surface area contributed by atoms with Crippen LogP contribution in [-0.2, 0) is 32.0 Å². The van der Waals surface area contributed by atoms with Crippen molar-refractivity contribution in [2.75, 3.05) is 9.80 Å². The van der Waals surface area contributed by atoms with Gasteiger partial charge in [-0.3, -0.25) is 0 Å². The third kappa shape index (κ3) is 13.3. The molecular formula is C103H101BN4. The monoisotopic (exact) mass is 1420 g/mol. The van der Waals surface area contributed by atoms with Gasteiger partial charge in [0.25, 0.3) is 6.71 Å². The van der Waals surface area contributed by atoms with Gasteiger partial charge in [0, 0.05) is 75.0 Å². The van der Waals surface area contributed by atoms with Crippen LogP contribution in [0.15, 0.2) is 279 Å². The lowest BCUT2D eigenvalue weighted by molar-refractivity contribution is 0.411. The lowest BCUT2D eigenvalue weighted by Gasteiger charge is -2.46. The van der Waals surface area contributed by atoms with Crippen molar-refractivity contribution in [2.24, 2.45) is 27.1 Å². The molecule has 0 saturated carbocycles. The molecule has 0 spiro atoms. The summed E-state index contributed by atoms with van der Waals surface area (Å²) in [5.41, 5.74) is 16.9. The van der Waals surface area contributed by atoms with Crippen molar-refractivity contribution in [2.45, 2.75) is 136 Å². The second kappa shape index (κ2) is 26.5. The molecule has 0 fully saturated rings. The minimum Gasteiger partial charge on any atom is -0.311 e. The predicted octanol–water partition coefficient (Wildman–Crippen LogP) is 26.6. The van der Waals surface area contributed by atoms with Crippen molar-refractivity contribution in [3.05, 3.63) is 307 Å². The SMILES string of the molecule is [2H]c1c([2H])c([2H])c2c(c1[2H])c1cc(C([2H])([2H])C(C)(C)C)ccc1n2-c1ccc2c(c1)N(c1cc(-c3ccccc3)c(CC(C)(C)C)cc1-c1ccccc1)c1cc(C([2H])([2H])C(C)(C)C)cc3c1B2c1ccc(-n2c4ccc(C([2H])([2H])C(C)(C)C)cc4c4c([2H])c([2H])c([2H])c([2H])c42)cc1N3c1cc(-c2ccccc2)c(CC(C)(C)C)cc1-c1ccccc1. The molecule has 108 heavy (non-hydrogen) atoms. The molecule has 2 aliphatic rings. The van der Waals surface area contributed by atoms with Crippen molar-refractivity contribution >= 4 is 101 Å². The van der Waals surface area contributed by atoms with Crippen LogP contribution >= 0.6 is 0 Å². The molecule has 4 heterocycles. The maximum absolute atomic E-state index is 10.9. The summed E-state index contributed by atoms with van der Waals surface area (Å²) >= 11 is 0. The van der Waals surface area contributed by atoms with Crippen LogP contribution in [-0.4, -0.2) is 15.8 Å². The van der Waals surface area contributed by atoms with Crippen LogP contribution in [0.4, 0.5) is 34.1 Å². The highest BCUT2D eigenvalue weighted by molar-refractivity contribution is 7.00. The van der Waals surface area contributed by atoms with Gasteiger partial charge in [0.1, 0.15) is 0 Å². The maximum Gasteiger partial charge on any atom is 0.252 e. The van der Waals surface area contributed by atoms with E-state index in [2.05, 4.69) is 209 Å². The number of nitrogens with zero attached hydrogens (tertiary/aromatic N) is 4. The van der Waals surface area contributed by atoms with Crippen molar-refractivity contribution in [1.29, 1.82) is 0 Å². The highest BCUT2D eigenvalue weighted by Gasteiger charge is 2.46. The third-order valence-electron chi connectivity index (χ3n) is 20.6. The molecule has 2 aromatic heterocycles. The number of rotatable bonds is 13. The summed E-state index contributed by atoms with van der Waals surface area (Å²) in [4.78, 5) is 4.65. The zero-order valence-electron chi connectivity index (χ0n) is 78.7. The average Bonchev–Trinajstić information content (AvgIpc) is 0.738. The molecule has 13 aromatic carbocycles. The second-order valence-electron chi connectivity index (χ2n) is 35.2. The van der Waals surface area contributed by atoms with Gasteiger partial charge >= 0.3 is 0 Å². The molecule has 0 radical (unpaired) electrons. The van der Waals surface area contributed by atoms with E-state index in [1.54, 1.807) is 24.3 Å². The van der Waals surface area contributed by atoms with Gasteiger partial charge in [0.2, 0.25) is 0 Å². The Kier molecular flexibility index (Phi) is 13.6. The van der Waals surface area contributed by atoms with Gasteiger partial charge in [-0.1, -0.05) is 286 Å². The Morgan fingerprint density at radius 1 is 0.296 bits per heavy atom. The van der Waals surface area contributed by atoms with Gasteiger partial charge in [-0.05, 0) is 234 Å². The predicted molar refractivity (Wildman–Crippen MR) is 467 cm³/mol. The molecule has 0 unspecified atom stereocenters. The van der Waals surface area contributed by atoms with E-state index in [0.29, 0.717) is 85.5 Å². The number of hydrogen-bond acceptors (Lipinski definition) is 2. The Bertz CT molecular complexity index is 6410. The van der Waals surface area contributed by atoms with Gasteiger partial charge in [-0.15, -0.1) is 0 Å². The Morgan fingerprint density at radius 3 is 1.01 bits per heavy atom. The van der Waals surface area contributed by atoms with Crippen LogP contribution in [0.5, 0.6) is 0 Å². The summed E-state index contributed by atoms with van der Waals surface area (Å²) in [6, 6.07) is 75.6. The summed E-state index contributed by atoms with van der Waals surface area (Å²) < 4.78 is 141. The third-order valence-corrected chi connectivity index (χ3v) is 20.6. The zero-order chi connectivity index (χ0) is 87.3. The van der Waals surface area contributed by atoms with Gasteiger partial charge < -0.3 is 18.9 Å². The fraction of sp³-hybridized carbons (Fsp3) is 0.243. The Morgan fingerprint density at radius 2 is 0.648 bits per heavy atom. The van der Waals surface area contributed by atoms with Crippen LogP contribution in [0.25, 0.3) is 99.5 Å². The standard InChI is InChI=1S/C103H101BN4/c1-99(2,3)62-67-44-50-90-84(52-67)78-40-28-30-42-88(78)105(90)76-46-48-86-94(58-76)107(92-60-80(70-32-20-16-21-33-70)74(65-102(10,11)12)56-82(92)72-36-24-18-25-37-72)96-54-69(64-101(7,8)9)55-97-98(96)104(86)87-49-47-77(106-89-43-31-29-41-79(89)85-53-68(45-51-91(85)106)63-100(4,5)6)59-95(87)108(97)93-61-81(71-34-22-17-23-35-71)75(66-103(13,14)15)57-83(93)73-38-26-19-27-39-73/h16-61H,62-66H2,1-15H3/i28D,29D,30D,31D,40D,41D,42D,43D,62D2,63D2,64D2. The smallest absolute Gasteiger partial charge is 0.252 e. The van der Waals surface area contributed by atoms with Crippen LogP contribution in [0, 0.1) is 27.1 Å². The van der Waals surface area contributed by atoms with E-state index in [0.717, 1.165) is 83.4 Å². The van der Waals surface area contributed by atoms with E-state index in [9.17, 15) is 19.2 Å². The van der Waals surface area contributed by atoms with Crippen molar-refractivity contribution in [3.63, 3.8) is 0 Å². The molecule has 5 heteroatoms. The first-order chi connectivity index (χ1) is 57.3. The molecular weight excluding hydrogens is 1300 g/mol. The molecule has 0 atom stereocenters. The van der Waals surface area contributed by atoms with E-state index in [4.69, 9.17) is 0 Å². The molecule has 536 valence electrons. The van der Waals surface area contributed by atoms with Crippen molar-refractivity contribution < 1.29 is 19.2 Å². The molecule has 2 aliphatic heterocycles. The van der Waals surface area contributed by atoms with E-state index in [1.165, 1.54) is 0 Å². The fourth-order valence-electron chi connectivity index (χ4n) is 16.8. The van der Waals surface area contributed by atoms with Gasteiger partial charge in [-0.25, -0.2) is 0 Å². The summed E-state index contributed by atoms with van der Waals surface area (Å²) in [6.07, 6.45) is -4.49. The van der Waals surface area contributed by atoms with E-state index in [-0.39, 0.29) is 56.8 Å². The lowest BCUT2D eigenvalue weighted by atomic mass is 9.33. The van der Waals surface area contributed by atoms with Crippen LogP contribution in [0.1, 0.15) is 151 Å². The van der Waals surface area contributed by atoms with Crippen molar-refractivity contribution in [1.82, 2.24) is 9.13 Å². The minimum absolute atomic E-state index is 0.196. The highest BCUT2D eigenvalue weighted by Crippen LogP contribution is 2.53. The number of aromatic nitrogens is 2. The molecule has 17 rings (SSSR count). The first-order valence-electron chi connectivity index (χ1n) is 45.0. The number of fused-ring (bicyclic) bond motifs is 10. The number of anilines is 6. The van der Waals surface area contributed by atoms with E-state index < -0.39 is 66.2 Å².